The van der Waals surface area contributed by atoms with Crippen LogP contribution in [0.4, 0.5) is 11.4 Å². The summed E-state index contributed by atoms with van der Waals surface area (Å²) in [5.41, 5.74) is 8.53. The van der Waals surface area contributed by atoms with Crippen molar-refractivity contribution in [2.24, 2.45) is 11.7 Å². The van der Waals surface area contributed by atoms with E-state index >= 15 is 0 Å². The standard InChI is InChI=1S/C82H103Cl2N3O30/c1-48(88)106-46-69-75(108-50(3)90)77(110-52(5)92)79(112-54(7)94)81(116-69)114-66-15-11-14-63-61(66)20-21-64-73(63)58(42-83)44-86(64)71(96)22-17-56-16-18-57(67(40-56)105-39-38-104-37-36-103-35-34-102-33-32-101-31-30-100-29-28-99-27-26-98-25-24-85)19-23-72(97)87-45-59(43-84)74-62-13-10-9-12-60(62)68(41-65(74)87)115-82-80(113-55(8)95)78(111-53(6)93)76(109-51(4)91)70(117-82)47-107-49(2)89/h9-16,18-21,23,41,56,58-59,69-70,75-82H,17,22,24-40,42-47,85H2,1-8H3/b23-19+/t56?,58-,59-,69-,70-,75+,76+,77+,78+,79-,80-,81-,82-/m1/s1. The Morgan fingerprint density at radius 3 is 1.35 bits per heavy atom. The molecule has 0 saturated carbocycles. The molecule has 1 aliphatic carbocycles. The highest BCUT2D eigenvalue weighted by molar-refractivity contribution is 6.19. The number of hydrogen-bond acceptors (Lipinski definition) is 31. The first-order valence-electron chi connectivity index (χ1n) is 38.6. The van der Waals surface area contributed by atoms with E-state index in [2.05, 4.69) is 0 Å². The van der Waals surface area contributed by atoms with Gasteiger partial charge >= 0.3 is 47.8 Å². The lowest BCUT2D eigenvalue weighted by atomic mass is 9.90. The van der Waals surface area contributed by atoms with E-state index in [9.17, 15) is 47.9 Å². The Labute approximate surface area is 687 Å². The summed E-state index contributed by atoms with van der Waals surface area (Å²) in [5, 5.41) is 2.43. The van der Waals surface area contributed by atoms with Gasteiger partial charge in [0.15, 0.2) is 24.4 Å². The summed E-state index contributed by atoms with van der Waals surface area (Å²) in [6.07, 6.45) is -6.97. The quantitative estimate of drug-likeness (QED) is 0.0150. The predicted molar refractivity (Wildman–Crippen MR) is 418 cm³/mol. The van der Waals surface area contributed by atoms with Crippen molar-refractivity contribution in [3.63, 3.8) is 0 Å². The molecule has 2 saturated heterocycles. The molecule has 0 spiro atoms. The number of rotatable bonds is 45. The van der Waals surface area contributed by atoms with Gasteiger partial charge in [0.1, 0.15) is 49.3 Å². The maximum absolute atomic E-state index is 15.0. The minimum atomic E-state index is -1.60. The molecule has 0 aromatic heterocycles. The molecule has 4 aliphatic heterocycles. The van der Waals surface area contributed by atoms with Crippen molar-refractivity contribution in [3.05, 3.63) is 107 Å². The van der Waals surface area contributed by atoms with E-state index < -0.39 is 128 Å². The van der Waals surface area contributed by atoms with E-state index in [-0.39, 0.29) is 92.9 Å². The maximum Gasteiger partial charge on any atom is 0.303 e. The molecule has 117 heavy (non-hydrogen) atoms. The van der Waals surface area contributed by atoms with Crippen LogP contribution in [-0.2, 0) is 133 Å². The molecule has 640 valence electrons. The van der Waals surface area contributed by atoms with Crippen LogP contribution in [0.2, 0.25) is 0 Å². The Bertz CT molecular complexity index is 4180. The smallest absolute Gasteiger partial charge is 0.303 e. The van der Waals surface area contributed by atoms with Crippen LogP contribution in [0.5, 0.6) is 11.5 Å². The van der Waals surface area contributed by atoms with Crippen LogP contribution in [0, 0.1) is 5.92 Å². The Balaban J connectivity index is 0.903. The van der Waals surface area contributed by atoms with E-state index in [1.165, 1.54) is 13.0 Å². The van der Waals surface area contributed by atoms with E-state index in [1.807, 2.05) is 30.4 Å². The van der Waals surface area contributed by atoms with Gasteiger partial charge in [-0.1, -0.05) is 48.6 Å². The lowest BCUT2D eigenvalue weighted by molar-refractivity contribution is -0.288. The second-order valence-electron chi connectivity index (χ2n) is 27.7. The number of halogens is 2. The molecule has 2 N–H and O–H groups in total. The summed E-state index contributed by atoms with van der Waals surface area (Å²) < 4.78 is 116. The van der Waals surface area contributed by atoms with Crippen LogP contribution >= 0.6 is 23.2 Å². The third kappa shape index (κ3) is 26.4. The minimum Gasteiger partial charge on any atom is -0.495 e. The van der Waals surface area contributed by atoms with Crippen LogP contribution in [-0.4, -0.2) is 265 Å². The zero-order chi connectivity index (χ0) is 84.1. The van der Waals surface area contributed by atoms with E-state index in [0.717, 1.165) is 59.6 Å². The highest BCUT2D eigenvalue weighted by atomic mass is 35.5. The van der Waals surface area contributed by atoms with Crippen molar-refractivity contribution < 1.29 is 143 Å². The summed E-state index contributed by atoms with van der Waals surface area (Å²) in [5.74, 6) is -6.72. The number of carbonyl (C=O) groups is 10. The monoisotopic (exact) mass is 1680 g/mol. The summed E-state index contributed by atoms with van der Waals surface area (Å²) in [4.78, 5) is 133. The largest absolute Gasteiger partial charge is 0.495 e. The van der Waals surface area contributed by atoms with Gasteiger partial charge in [0.05, 0.1) is 98.2 Å². The Morgan fingerprint density at radius 2 is 0.880 bits per heavy atom. The van der Waals surface area contributed by atoms with Gasteiger partial charge in [-0.05, 0) is 58.5 Å². The molecule has 33 nitrogen and oxygen atoms in total. The van der Waals surface area contributed by atoms with Crippen molar-refractivity contribution in [1.82, 2.24) is 0 Å². The number of allylic oxidation sites excluding steroid dienone is 5. The molecule has 0 bridgehead atoms. The Hall–Kier alpha value is -9.10. The molecule has 5 aliphatic rings. The molecule has 0 radical (unpaired) electrons. The maximum atomic E-state index is 15.0. The first-order valence-corrected chi connectivity index (χ1v) is 39.7. The minimum absolute atomic E-state index is 0.0942. The van der Waals surface area contributed by atoms with Crippen molar-refractivity contribution in [1.29, 1.82) is 0 Å². The summed E-state index contributed by atoms with van der Waals surface area (Å²) in [6.45, 7) is 14.3. The number of fused-ring (bicyclic) bond motifs is 6. The average Bonchev–Trinajstić information content (AvgIpc) is 1.08. The number of carbonyl (C=O) groups excluding carboxylic acids is 10. The van der Waals surface area contributed by atoms with Crippen LogP contribution < -0.4 is 25.0 Å². The molecule has 4 aromatic carbocycles. The lowest BCUT2D eigenvalue weighted by Crippen LogP contribution is -2.63. The number of nitrogens with zero attached hydrogens (tertiary/aromatic N) is 2. The molecule has 2 amide bonds. The van der Waals surface area contributed by atoms with E-state index in [1.54, 1.807) is 58.3 Å². The fourth-order valence-electron chi connectivity index (χ4n) is 14.2. The van der Waals surface area contributed by atoms with Gasteiger partial charge in [-0.2, -0.15) is 0 Å². The summed E-state index contributed by atoms with van der Waals surface area (Å²) >= 11 is 13.5. The first kappa shape index (κ1) is 91.8. The topological polar surface area (TPSA) is 388 Å². The normalized spacial score (nSPS) is 22.7. The zero-order valence-corrected chi connectivity index (χ0v) is 68.3. The zero-order valence-electron chi connectivity index (χ0n) is 66.7. The highest BCUT2D eigenvalue weighted by Crippen LogP contribution is 2.48. The summed E-state index contributed by atoms with van der Waals surface area (Å²) in [7, 11) is 0. The number of esters is 8. The van der Waals surface area contributed by atoms with Crippen LogP contribution in [0.15, 0.2) is 96.3 Å². The molecule has 9 rings (SSSR count). The number of ether oxygens (including phenoxy) is 20. The molecule has 35 heteroatoms. The number of hydrogen-bond donors (Lipinski definition) is 1. The molecule has 2 fully saturated rings. The van der Waals surface area contributed by atoms with Gasteiger partial charge in [0, 0.05) is 146 Å². The Morgan fingerprint density at radius 1 is 0.462 bits per heavy atom. The number of nitrogens with two attached hydrogens (primary N) is 1. The first-order chi connectivity index (χ1) is 56.4. The van der Waals surface area contributed by atoms with Crippen molar-refractivity contribution >= 4 is 116 Å². The van der Waals surface area contributed by atoms with E-state index in [4.69, 9.17) is 124 Å². The van der Waals surface area contributed by atoms with Crippen LogP contribution in [0.25, 0.3) is 21.5 Å². The second-order valence-corrected chi connectivity index (χ2v) is 28.3. The number of anilines is 2. The molecule has 13 atom stereocenters. The van der Waals surface area contributed by atoms with E-state index in [0.29, 0.717) is 136 Å². The third-order valence-corrected chi connectivity index (χ3v) is 19.8. The lowest BCUT2D eigenvalue weighted by Gasteiger charge is -2.44. The van der Waals surface area contributed by atoms with Crippen molar-refractivity contribution in [2.45, 2.75) is 148 Å². The van der Waals surface area contributed by atoms with Gasteiger partial charge in [-0.15, -0.1) is 23.2 Å². The molecule has 1 unspecified atom stereocenters. The fraction of sp³-hybridized carbons (Fsp3) is 0.561. The van der Waals surface area contributed by atoms with Crippen molar-refractivity contribution in [2.75, 3.05) is 154 Å². The predicted octanol–water partition coefficient (Wildman–Crippen LogP) is 7.21. The van der Waals surface area contributed by atoms with Gasteiger partial charge < -0.3 is 110 Å². The van der Waals surface area contributed by atoms with Gasteiger partial charge in [-0.3, -0.25) is 47.9 Å². The molecule has 4 aromatic rings. The average molecular weight is 1680 g/mol. The van der Waals surface area contributed by atoms with Gasteiger partial charge in [0.2, 0.25) is 30.7 Å². The SMILES string of the molecule is CC(=O)OC[C@H]1O[C@@H](Oc2cc3c(c4ccccc24)[C@H](CCl)CN3C(=O)/C=C/C2=C(OCCOCCOCCOCCOCCOCCOCCOCCN)CC(CCC(=O)N3C[C@@H](CCl)c4c3ccc3c(O[C@@H]5O[C@H](COC(C)=O)[C@H](OC(C)=O)[C@H](OC(C)=O)[C@H]5OC(C)=O)cccc43)C=C2)[C@H](OC(C)=O)[C@@H](OC(C)=O)[C@H]1OC(C)=O. The fourth-order valence-corrected chi connectivity index (χ4v) is 14.7. The number of alkyl halides is 2. The van der Waals surface area contributed by atoms with Crippen LogP contribution in [0.3, 0.4) is 0 Å². The van der Waals surface area contributed by atoms with Gasteiger partial charge in [0.25, 0.3) is 5.91 Å². The number of benzene rings is 4. The third-order valence-electron chi connectivity index (χ3n) is 19.0. The van der Waals surface area contributed by atoms with Crippen molar-refractivity contribution in [3.8, 4) is 11.5 Å². The molecule has 4 heterocycles. The summed E-state index contributed by atoms with van der Waals surface area (Å²) in [6, 6.07) is 17.6. The Kier molecular flexibility index (Phi) is 36.3. The highest BCUT2D eigenvalue weighted by Gasteiger charge is 2.55. The van der Waals surface area contributed by atoms with Gasteiger partial charge in [-0.25, -0.2) is 0 Å². The molecular weight excluding hydrogens is 1580 g/mol. The second kappa shape index (κ2) is 46.3. The molecular formula is C82H103Cl2N3O30. The van der Waals surface area contributed by atoms with Crippen LogP contribution in [0.1, 0.15) is 97.6 Å². The number of amides is 2.